The number of hydrogen-bond donors (Lipinski definition) is 0. The van der Waals surface area contributed by atoms with Crippen LogP contribution in [0.5, 0.6) is 5.75 Å². The van der Waals surface area contributed by atoms with Gasteiger partial charge in [0.2, 0.25) is 0 Å². The van der Waals surface area contributed by atoms with Gasteiger partial charge in [-0.2, -0.15) is 4.98 Å². The second kappa shape index (κ2) is 8.53. The summed E-state index contributed by atoms with van der Waals surface area (Å²) in [5.41, 5.74) is 3.01. The number of hydrogen-bond acceptors (Lipinski definition) is 4. The van der Waals surface area contributed by atoms with Crippen molar-refractivity contribution < 1.29 is 9.15 Å². The van der Waals surface area contributed by atoms with Gasteiger partial charge < -0.3 is 9.15 Å². The van der Waals surface area contributed by atoms with Crippen LogP contribution in [-0.4, -0.2) is 21.1 Å². The minimum absolute atomic E-state index is 0.513. The lowest BCUT2D eigenvalue weighted by Gasteiger charge is -2.06. The van der Waals surface area contributed by atoms with Crippen LogP contribution in [0.4, 0.5) is 0 Å². The summed E-state index contributed by atoms with van der Waals surface area (Å²) in [6, 6.07) is 16.2. The SMILES string of the molecule is Cc1ccc(OCCCc2oc(-n3ccnc3C)nc2-c2ccc(Cl)cc2)cc1. The summed E-state index contributed by atoms with van der Waals surface area (Å²) in [6.45, 7) is 4.58. The molecule has 2 aromatic heterocycles. The molecule has 29 heavy (non-hydrogen) atoms. The molecule has 2 aromatic carbocycles. The normalized spacial score (nSPS) is 11.0. The molecular weight excluding hydrogens is 386 g/mol. The summed E-state index contributed by atoms with van der Waals surface area (Å²) in [7, 11) is 0. The maximum atomic E-state index is 6.12. The zero-order valence-corrected chi connectivity index (χ0v) is 17.2. The van der Waals surface area contributed by atoms with Gasteiger partial charge in [-0.15, -0.1) is 0 Å². The Morgan fingerprint density at radius 2 is 1.79 bits per heavy atom. The van der Waals surface area contributed by atoms with E-state index in [-0.39, 0.29) is 0 Å². The molecule has 4 rings (SSSR count). The zero-order chi connectivity index (χ0) is 20.2. The van der Waals surface area contributed by atoms with E-state index in [1.54, 1.807) is 6.20 Å². The first-order valence-corrected chi connectivity index (χ1v) is 9.93. The van der Waals surface area contributed by atoms with Crippen molar-refractivity contribution in [2.75, 3.05) is 6.61 Å². The van der Waals surface area contributed by atoms with Crippen LogP contribution in [0.2, 0.25) is 5.02 Å². The molecule has 4 aromatic rings. The van der Waals surface area contributed by atoms with E-state index in [0.29, 0.717) is 24.1 Å². The van der Waals surface area contributed by atoms with Crippen LogP contribution in [0, 0.1) is 13.8 Å². The molecule has 0 unspecified atom stereocenters. The Hall–Kier alpha value is -3.05. The number of aryl methyl sites for hydroxylation is 3. The molecule has 6 heteroatoms. The van der Waals surface area contributed by atoms with Gasteiger partial charge in [0.05, 0.1) is 6.61 Å². The number of benzene rings is 2. The van der Waals surface area contributed by atoms with E-state index in [1.807, 2.05) is 66.2 Å². The molecular formula is C23H22ClN3O2. The summed E-state index contributed by atoms with van der Waals surface area (Å²) in [4.78, 5) is 8.99. The fraction of sp³-hybridized carbons (Fsp3) is 0.217. The molecule has 0 aliphatic heterocycles. The van der Waals surface area contributed by atoms with Gasteiger partial charge in [0, 0.05) is 29.4 Å². The topological polar surface area (TPSA) is 53.1 Å². The first-order valence-electron chi connectivity index (χ1n) is 9.55. The number of aromatic nitrogens is 3. The highest BCUT2D eigenvalue weighted by atomic mass is 35.5. The van der Waals surface area contributed by atoms with Crippen LogP contribution >= 0.6 is 11.6 Å². The van der Waals surface area contributed by atoms with Crippen LogP contribution < -0.4 is 4.74 Å². The van der Waals surface area contributed by atoms with E-state index in [2.05, 4.69) is 11.9 Å². The molecule has 2 heterocycles. The van der Waals surface area contributed by atoms with E-state index in [9.17, 15) is 0 Å². The molecule has 0 aliphatic rings. The number of halogens is 1. The van der Waals surface area contributed by atoms with Gasteiger partial charge in [-0.25, -0.2) is 4.98 Å². The largest absolute Gasteiger partial charge is 0.494 e. The average molecular weight is 408 g/mol. The Labute approximate surface area is 174 Å². The number of nitrogens with zero attached hydrogens (tertiary/aromatic N) is 3. The lowest BCUT2D eigenvalue weighted by Crippen LogP contribution is -1.99. The Kier molecular flexibility index (Phi) is 5.67. The molecule has 0 saturated carbocycles. The number of ether oxygens (including phenoxy) is 1. The highest BCUT2D eigenvalue weighted by molar-refractivity contribution is 6.30. The highest BCUT2D eigenvalue weighted by Gasteiger charge is 2.17. The number of imidazole rings is 1. The first-order chi connectivity index (χ1) is 14.1. The minimum atomic E-state index is 0.513. The van der Waals surface area contributed by atoms with Gasteiger partial charge in [0.25, 0.3) is 0 Å². The quantitative estimate of drug-likeness (QED) is 0.363. The predicted octanol–water partition coefficient (Wildman–Crippen LogP) is 5.81. The van der Waals surface area contributed by atoms with E-state index in [0.717, 1.165) is 35.0 Å². The van der Waals surface area contributed by atoms with Gasteiger partial charge in [-0.3, -0.25) is 4.57 Å². The van der Waals surface area contributed by atoms with Crippen molar-refractivity contribution in [3.8, 4) is 23.0 Å². The Bertz CT molecular complexity index is 1080. The molecule has 0 fully saturated rings. The summed E-state index contributed by atoms with van der Waals surface area (Å²) in [6.07, 6.45) is 5.10. The molecule has 0 N–H and O–H groups in total. The lowest BCUT2D eigenvalue weighted by molar-refractivity contribution is 0.306. The van der Waals surface area contributed by atoms with Gasteiger partial charge in [0.1, 0.15) is 23.0 Å². The van der Waals surface area contributed by atoms with Crippen LogP contribution in [0.3, 0.4) is 0 Å². The third-order valence-electron chi connectivity index (χ3n) is 4.67. The molecule has 148 valence electrons. The fourth-order valence-electron chi connectivity index (χ4n) is 3.08. The Morgan fingerprint density at radius 1 is 1.03 bits per heavy atom. The third kappa shape index (κ3) is 4.51. The van der Waals surface area contributed by atoms with Crippen LogP contribution in [0.25, 0.3) is 17.3 Å². The molecule has 0 amide bonds. The highest BCUT2D eigenvalue weighted by Crippen LogP contribution is 2.28. The molecule has 0 aliphatic carbocycles. The third-order valence-corrected chi connectivity index (χ3v) is 4.93. The van der Waals surface area contributed by atoms with Crippen molar-refractivity contribution in [1.29, 1.82) is 0 Å². The van der Waals surface area contributed by atoms with Crippen molar-refractivity contribution in [2.45, 2.75) is 26.7 Å². The van der Waals surface area contributed by atoms with Crippen molar-refractivity contribution in [1.82, 2.24) is 14.5 Å². The van der Waals surface area contributed by atoms with E-state index in [4.69, 9.17) is 25.7 Å². The maximum Gasteiger partial charge on any atom is 0.307 e. The smallest absolute Gasteiger partial charge is 0.307 e. The summed E-state index contributed by atoms with van der Waals surface area (Å²) in [5.74, 6) is 2.52. The van der Waals surface area contributed by atoms with Gasteiger partial charge in [-0.1, -0.05) is 41.4 Å². The summed E-state index contributed by atoms with van der Waals surface area (Å²) < 4.78 is 13.8. The second-order valence-corrected chi connectivity index (χ2v) is 7.32. The predicted molar refractivity (Wildman–Crippen MR) is 114 cm³/mol. The van der Waals surface area contributed by atoms with Crippen molar-refractivity contribution in [2.24, 2.45) is 0 Å². The second-order valence-electron chi connectivity index (χ2n) is 6.88. The van der Waals surface area contributed by atoms with E-state index < -0.39 is 0 Å². The van der Waals surface area contributed by atoms with Crippen molar-refractivity contribution >= 4 is 11.6 Å². The molecule has 0 saturated heterocycles. The van der Waals surface area contributed by atoms with Crippen molar-refractivity contribution in [3.05, 3.63) is 83.1 Å². The fourth-order valence-corrected chi connectivity index (χ4v) is 3.21. The minimum Gasteiger partial charge on any atom is -0.494 e. The van der Waals surface area contributed by atoms with E-state index in [1.165, 1.54) is 5.56 Å². The van der Waals surface area contributed by atoms with E-state index >= 15 is 0 Å². The molecule has 0 radical (unpaired) electrons. The molecule has 0 spiro atoms. The van der Waals surface area contributed by atoms with Crippen molar-refractivity contribution in [3.63, 3.8) is 0 Å². The van der Waals surface area contributed by atoms with Crippen LogP contribution in [0.1, 0.15) is 23.6 Å². The van der Waals surface area contributed by atoms with Gasteiger partial charge >= 0.3 is 6.01 Å². The monoisotopic (exact) mass is 407 g/mol. The van der Waals surface area contributed by atoms with Crippen LogP contribution in [-0.2, 0) is 6.42 Å². The Morgan fingerprint density at radius 3 is 2.48 bits per heavy atom. The average Bonchev–Trinajstić information content (AvgIpc) is 3.33. The molecule has 5 nitrogen and oxygen atoms in total. The van der Waals surface area contributed by atoms with Gasteiger partial charge in [0.15, 0.2) is 0 Å². The standard InChI is InChI=1S/C23H22ClN3O2/c1-16-5-11-20(12-6-16)28-15-3-4-21-22(18-7-9-19(24)10-8-18)26-23(29-21)27-14-13-25-17(27)2/h5-14H,3-4,15H2,1-2H3. The van der Waals surface area contributed by atoms with Crippen LogP contribution in [0.15, 0.2) is 65.3 Å². The first kappa shape index (κ1) is 19.3. The Balaban J connectivity index is 1.52. The maximum absolute atomic E-state index is 6.12. The number of rotatable bonds is 7. The molecule has 0 atom stereocenters. The summed E-state index contributed by atoms with van der Waals surface area (Å²) >= 11 is 6.04. The van der Waals surface area contributed by atoms with Gasteiger partial charge in [-0.05, 0) is 44.5 Å². The number of oxazole rings is 1. The molecule has 0 bridgehead atoms. The lowest BCUT2D eigenvalue weighted by atomic mass is 10.1. The zero-order valence-electron chi connectivity index (χ0n) is 16.4. The summed E-state index contributed by atoms with van der Waals surface area (Å²) in [5, 5.41) is 0.691.